The highest BCUT2D eigenvalue weighted by Gasteiger charge is 2.45. The average Bonchev–Trinajstić information content (AvgIpc) is 2.94. The van der Waals surface area contributed by atoms with E-state index in [1.165, 1.54) is 24.3 Å². The molecule has 0 saturated carbocycles. The third-order valence-electron chi connectivity index (χ3n) is 6.32. The van der Waals surface area contributed by atoms with Gasteiger partial charge >= 0.3 is 13.8 Å². The van der Waals surface area contributed by atoms with Crippen molar-refractivity contribution in [3.05, 3.63) is 138 Å². The van der Waals surface area contributed by atoms with Crippen molar-refractivity contribution in [3.63, 3.8) is 0 Å². The molecule has 0 heterocycles. The van der Waals surface area contributed by atoms with Crippen LogP contribution >= 0.6 is 7.60 Å². The molecular weight excluding hydrogens is 541 g/mol. The molecule has 4 aromatic rings. The second-order valence-corrected chi connectivity index (χ2v) is 12.9. The fourth-order valence-corrected chi connectivity index (χ4v) is 6.95. The van der Waals surface area contributed by atoms with Gasteiger partial charge in [-0.3, -0.25) is 0 Å². The molecule has 202 valence electrons. The van der Waals surface area contributed by atoms with Crippen molar-refractivity contribution in [2.45, 2.75) is 28.7 Å². The first kappa shape index (κ1) is 28.4. The minimum absolute atomic E-state index is 0.0410. The quantitative estimate of drug-likeness (QED) is 0.190. The van der Waals surface area contributed by atoms with Crippen LogP contribution in [0, 0.1) is 0 Å². The highest BCUT2D eigenvalue weighted by molar-refractivity contribution is 7.92. The van der Waals surface area contributed by atoms with E-state index in [4.69, 9.17) is 0 Å². The van der Waals surface area contributed by atoms with E-state index in [9.17, 15) is 26.7 Å². The van der Waals surface area contributed by atoms with Crippen molar-refractivity contribution in [1.29, 1.82) is 0 Å². The molecule has 0 amide bonds. The van der Waals surface area contributed by atoms with Gasteiger partial charge in [0, 0.05) is 0 Å². The Morgan fingerprint density at radius 2 is 1.36 bits per heavy atom. The first-order valence-corrected chi connectivity index (χ1v) is 15.2. The smallest absolute Gasteiger partial charge is 0.421 e. The number of allylic oxidation sites excluding steroid dienone is 1. The fourth-order valence-electron chi connectivity index (χ4n) is 4.36. The van der Waals surface area contributed by atoms with E-state index in [-0.39, 0.29) is 23.5 Å². The summed E-state index contributed by atoms with van der Waals surface area (Å²) in [5.41, 5.74) is 2.08. The number of hydrogen-bond donors (Lipinski definition) is 1. The Morgan fingerprint density at radius 3 is 1.92 bits per heavy atom. The first-order valence-electron chi connectivity index (χ1n) is 12.1. The van der Waals surface area contributed by atoms with Gasteiger partial charge in [-0.15, -0.1) is 0 Å². The van der Waals surface area contributed by atoms with Crippen LogP contribution in [0.4, 0.5) is 8.78 Å². The van der Waals surface area contributed by atoms with Gasteiger partial charge in [-0.05, 0) is 53.8 Å². The van der Waals surface area contributed by atoms with Crippen molar-refractivity contribution in [1.82, 2.24) is 0 Å². The van der Waals surface area contributed by atoms with Crippen LogP contribution in [-0.2, 0) is 25.6 Å². The molecule has 1 N–H and O–H groups in total. The maximum absolute atomic E-state index is 14.4. The monoisotopic (exact) mass is 568 g/mol. The lowest BCUT2D eigenvalue weighted by Crippen LogP contribution is -2.38. The third-order valence-corrected chi connectivity index (χ3v) is 9.76. The van der Waals surface area contributed by atoms with E-state index in [2.05, 4.69) is 4.52 Å². The molecule has 0 saturated heterocycles. The number of alkyl halides is 2. The second-order valence-electron chi connectivity index (χ2n) is 8.95. The summed E-state index contributed by atoms with van der Waals surface area (Å²) in [5.74, 6) is -0.218. The van der Waals surface area contributed by atoms with Gasteiger partial charge in [0.05, 0.1) is 4.90 Å². The normalized spacial score (nSPS) is 15.1. The Hall–Kier alpha value is -3.58. The molecule has 0 spiro atoms. The maximum atomic E-state index is 14.4. The molecule has 0 bridgehead atoms. The van der Waals surface area contributed by atoms with E-state index in [0.717, 1.165) is 5.56 Å². The standard InChI is InChI=1S/C30H27F2O5PS/c31-29(32)38(33,34)37-27-20-18-25(19-21-27)23-30(26-14-6-2-7-15-26,22-10-13-24-11-4-1-5-12-24)39(35,36)28-16-8-3-9-17-28/h1-21,29H,22-23H2,(H,33,34). The molecule has 0 radical (unpaired) electrons. The lowest BCUT2D eigenvalue weighted by molar-refractivity contribution is 0.188. The highest BCUT2D eigenvalue weighted by Crippen LogP contribution is 2.49. The lowest BCUT2D eigenvalue weighted by atomic mass is 9.87. The van der Waals surface area contributed by atoms with Crippen molar-refractivity contribution in [3.8, 4) is 5.75 Å². The molecule has 5 nitrogen and oxygen atoms in total. The lowest BCUT2D eigenvalue weighted by Gasteiger charge is -2.34. The molecule has 2 unspecified atom stereocenters. The molecule has 0 fully saturated rings. The summed E-state index contributed by atoms with van der Waals surface area (Å²) in [6.45, 7) is 0. The van der Waals surface area contributed by atoms with Crippen LogP contribution in [-0.4, -0.2) is 19.5 Å². The summed E-state index contributed by atoms with van der Waals surface area (Å²) < 4.78 is 69.2. The molecule has 0 aliphatic rings. The summed E-state index contributed by atoms with van der Waals surface area (Å²) >= 11 is 0. The zero-order chi connectivity index (χ0) is 27.9. The largest absolute Gasteiger partial charge is 0.442 e. The predicted molar refractivity (Wildman–Crippen MR) is 148 cm³/mol. The third kappa shape index (κ3) is 6.53. The topological polar surface area (TPSA) is 80.7 Å². The van der Waals surface area contributed by atoms with E-state index in [0.29, 0.717) is 11.1 Å². The molecule has 0 aromatic heterocycles. The van der Waals surface area contributed by atoms with Gasteiger partial charge < -0.3 is 9.42 Å². The van der Waals surface area contributed by atoms with Crippen molar-refractivity contribution < 1.29 is 31.2 Å². The summed E-state index contributed by atoms with van der Waals surface area (Å²) in [6, 6.07) is 32.3. The van der Waals surface area contributed by atoms with Gasteiger partial charge in [0.2, 0.25) is 0 Å². The summed E-state index contributed by atoms with van der Waals surface area (Å²) in [5, 5.41) is 0. The zero-order valence-corrected chi connectivity index (χ0v) is 22.5. The number of hydrogen-bond acceptors (Lipinski definition) is 4. The van der Waals surface area contributed by atoms with Crippen molar-refractivity contribution >= 4 is 23.5 Å². The van der Waals surface area contributed by atoms with Gasteiger partial charge in [-0.25, -0.2) is 13.0 Å². The Labute approximate surface area is 226 Å². The number of rotatable bonds is 11. The minimum Gasteiger partial charge on any atom is -0.421 e. The summed E-state index contributed by atoms with van der Waals surface area (Å²) in [4.78, 5) is 9.54. The van der Waals surface area contributed by atoms with E-state index in [1.54, 1.807) is 54.6 Å². The van der Waals surface area contributed by atoms with Crippen LogP contribution < -0.4 is 4.52 Å². The Kier molecular flexibility index (Phi) is 8.80. The van der Waals surface area contributed by atoms with Crippen LogP contribution in [0.25, 0.3) is 6.08 Å². The zero-order valence-electron chi connectivity index (χ0n) is 20.8. The van der Waals surface area contributed by atoms with Crippen LogP contribution in [0.1, 0.15) is 23.1 Å². The molecule has 4 aromatic carbocycles. The van der Waals surface area contributed by atoms with Gasteiger partial charge in [0.25, 0.3) is 0 Å². The number of benzene rings is 4. The van der Waals surface area contributed by atoms with Crippen molar-refractivity contribution in [2.24, 2.45) is 0 Å². The van der Waals surface area contributed by atoms with Crippen LogP contribution in [0.15, 0.2) is 126 Å². The Morgan fingerprint density at radius 1 is 0.821 bits per heavy atom. The van der Waals surface area contributed by atoms with Gasteiger partial charge in [0.15, 0.2) is 9.84 Å². The SMILES string of the molecule is O=P(O)(Oc1ccc(CC(CC=Cc2ccccc2)(c2ccccc2)S(=O)(=O)c2ccccc2)cc1)C(F)F. The molecule has 39 heavy (non-hydrogen) atoms. The molecule has 4 rings (SSSR count). The van der Waals surface area contributed by atoms with E-state index < -0.39 is 28.3 Å². The minimum atomic E-state index is -5.14. The molecular formula is C30H27F2O5PS. The van der Waals surface area contributed by atoms with E-state index >= 15 is 0 Å². The fraction of sp³-hybridized carbons (Fsp3) is 0.133. The summed E-state index contributed by atoms with van der Waals surface area (Å²) in [6.07, 6.45) is 0.344. The molecule has 2 atom stereocenters. The Bertz CT molecular complexity index is 1550. The van der Waals surface area contributed by atoms with Crippen LogP contribution in [0.3, 0.4) is 0 Å². The van der Waals surface area contributed by atoms with Crippen molar-refractivity contribution in [2.75, 3.05) is 0 Å². The maximum Gasteiger partial charge on any atom is 0.442 e. The average molecular weight is 569 g/mol. The summed E-state index contributed by atoms with van der Waals surface area (Å²) in [7, 11) is -9.12. The Balaban J connectivity index is 1.80. The number of halogens is 2. The highest BCUT2D eigenvalue weighted by atomic mass is 32.2. The van der Waals surface area contributed by atoms with Crippen LogP contribution in [0.5, 0.6) is 5.75 Å². The second kappa shape index (κ2) is 12.1. The first-order chi connectivity index (χ1) is 18.6. The van der Waals surface area contributed by atoms with E-state index in [1.807, 2.05) is 48.6 Å². The molecule has 0 aliphatic carbocycles. The molecule has 0 aliphatic heterocycles. The number of sulfone groups is 1. The predicted octanol–water partition coefficient (Wildman–Crippen LogP) is 7.49. The van der Waals surface area contributed by atoms with Crippen LogP contribution in [0.2, 0.25) is 0 Å². The molecule has 9 heteroatoms. The van der Waals surface area contributed by atoms with Gasteiger partial charge in [-0.2, -0.15) is 8.78 Å². The van der Waals surface area contributed by atoms with Gasteiger partial charge in [0.1, 0.15) is 10.5 Å². The van der Waals surface area contributed by atoms with Gasteiger partial charge in [-0.1, -0.05) is 103 Å².